The monoisotopic (exact) mass is 206 g/mol. The van der Waals surface area contributed by atoms with Gasteiger partial charge in [0.15, 0.2) is 5.78 Å². The molecule has 2 aromatic heterocycles. The zero-order valence-electron chi connectivity index (χ0n) is 7.82. The minimum absolute atomic E-state index is 0.115. The number of aryl methyl sites for hydroxylation is 1. The third-order valence-electron chi connectivity index (χ3n) is 1.97. The highest BCUT2D eigenvalue weighted by Gasteiger charge is 2.09. The van der Waals surface area contributed by atoms with Crippen molar-refractivity contribution in [3.8, 4) is 0 Å². The summed E-state index contributed by atoms with van der Waals surface area (Å²) in [6.45, 7) is 1.84. The Kier molecular flexibility index (Phi) is 2.50. The molecule has 0 aliphatic carbocycles. The minimum Gasteiger partial charge on any atom is -0.469 e. The van der Waals surface area contributed by atoms with E-state index in [0.29, 0.717) is 12.0 Å². The summed E-state index contributed by atoms with van der Waals surface area (Å²) in [6.07, 6.45) is 1.99. The van der Waals surface area contributed by atoms with Crippen LogP contribution in [0.2, 0.25) is 0 Å². The zero-order valence-corrected chi connectivity index (χ0v) is 8.64. The minimum atomic E-state index is 0.115. The van der Waals surface area contributed by atoms with Crippen LogP contribution in [0.25, 0.3) is 0 Å². The summed E-state index contributed by atoms with van der Waals surface area (Å²) in [7, 11) is 0. The number of Topliss-reactive ketones (excluding diaryl/α,β-unsaturated/α-hetero) is 1. The van der Waals surface area contributed by atoms with Gasteiger partial charge in [0.2, 0.25) is 0 Å². The van der Waals surface area contributed by atoms with Crippen molar-refractivity contribution in [2.45, 2.75) is 13.3 Å². The molecule has 0 fully saturated rings. The Balaban J connectivity index is 2.10. The number of thiophene rings is 1. The van der Waals surface area contributed by atoms with Crippen molar-refractivity contribution >= 4 is 17.1 Å². The van der Waals surface area contributed by atoms with E-state index >= 15 is 0 Å². The van der Waals surface area contributed by atoms with Gasteiger partial charge < -0.3 is 4.42 Å². The van der Waals surface area contributed by atoms with E-state index < -0.39 is 0 Å². The van der Waals surface area contributed by atoms with Gasteiger partial charge in [-0.2, -0.15) is 0 Å². The molecule has 0 aliphatic rings. The predicted molar refractivity (Wildman–Crippen MR) is 55.8 cm³/mol. The summed E-state index contributed by atoms with van der Waals surface area (Å²) < 4.78 is 5.09. The smallest absolute Gasteiger partial charge is 0.171 e. The molecule has 0 amide bonds. The highest BCUT2D eigenvalue weighted by atomic mass is 32.1. The topological polar surface area (TPSA) is 30.2 Å². The van der Waals surface area contributed by atoms with Crippen LogP contribution in [0.4, 0.5) is 0 Å². The number of carbonyl (C=O) groups excluding carboxylic acids is 1. The van der Waals surface area contributed by atoms with E-state index in [1.54, 1.807) is 17.4 Å². The molecule has 0 saturated carbocycles. The van der Waals surface area contributed by atoms with Crippen molar-refractivity contribution < 1.29 is 9.21 Å². The first-order valence-electron chi connectivity index (χ1n) is 4.36. The lowest BCUT2D eigenvalue weighted by Crippen LogP contribution is -1.99. The molecule has 72 valence electrons. The van der Waals surface area contributed by atoms with Gasteiger partial charge in [0.25, 0.3) is 0 Å². The number of hydrogen-bond donors (Lipinski definition) is 0. The highest BCUT2D eigenvalue weighted by Crippen LogP contribution is 2.14. The summed E-state index contributed by atoms with van der Waals surface area (Å²) in [6, 6.07) is 5.69. The Hall–Kier alpha value is -1.35. The molecule has 2 rings (SSSR count). The first-order chi connectivity index (χ1) is 6.75. The average molecular weight is 206 g/mol. The summed E-state index contributed by atoms with van der Waals surface area (Å²) in [5.41, 5.74) is 0.663. The SMILES string of the molecule is Cc1cc(C(=O)Cc2cccs2)co1. The molecule has 2 aromatic rings. The molecular weight excluding hydrogens is 196 g/mol. The van der Waals surface area contributed by atoms with Gasteiger partial charge in [0.1, 0.15) is 12.0 Å². The van der Waals surface area contributed by atoms with Crippen molar-refractivity contribution in [3.63, 3.8) is 0 Å². The largest absolute Gasteiger partial charge is 0.469 e. The molecule has 2 nitrogen and oxygen atoms in total. The van der Waals surface area contributed by atoms with Crippen LogP contribution in [-0.4, -0.2) is 5.78 Å². The van der Waals surface area contributed by atoms with E-state index in [9.17, 15) is 4.79 Å². The van der Waals surface area contributed by atoms with Crippen LogP contribution in [0.1, 0.15) is 21.0 Å². The summed E-state index contributed by atoms with van der Waals surface area (Å²) in [5.74, 6) is 0.892. The van der Waals surface area contributed by atoms with Crippen LogP contribution in [0.3, 0.4) is 0 Å². The van der Waals surface area contributed by atoms with Crippen molar-refractivity contribution in [1.82, 2.24) is 0 Å². The van der Waals surface area contributed by atoms with Gasteiger partial charge in [-0.3, -0.25) is 4.79 Å². The number of furan rings is 1. The Morgan fingerprint density at radius 1 is 1.57 bits per heavy atom. The second-order valence-electron chi connectivity index (χ2n) is 3.13. The summed E-state index contributed by atoms with van der Waals surface area (Å²) >= 11 is 1.60. The number of rotatable bonds is 3. The fourth-order valence-electron chi connectivity index (χ4n) is 1.26. The average Bonchev–Trinajstić information content (AvgIpc) is 2.75. The molecule has 14 heavy (non-hydrogen) atoms. The van der Waals surface area contributed by atoms with E-state index in [1.807, 2.05) is 24.4 Å². The third kappa shape index (κ3) is 1.93. The Bertz CT molecular complexity index is 426. The first kappa shape index (κ1) is 9.21. The van der Waals surface area contributed by atoms with E-state index in [4.69, 9.17) is 4.42 Å². The van der Waals surface area contributed by atoms with Crippen molar-refractivity contribution in [1.29, 1.82) is 0 Å². The fraction of sp³-hybridized carbons (Fsp3) is 0.182. The van der Waals surface area contributed by atoms with E-state index in [1.165, 1.54) is 6.26 Å². The normalized spacial score (nSPS) is 10.4. The summed E-state index contributed by atoms with van der Waals surface area (Å²) in [4.78, 5) is 12.8. The molecule has 0 N–H and O–H groups in total. The van der Waals surface area contributed by atoms with Crippen molar-refractivity contribution in [3.05, 3.63) is 46.0 Å². The van der Waals surface area contributed by atoms with Crippen LogP contribution in [0.5, 0.6) is 0 Å². The second-order valence-corrected chi connectivity index (χ2v) is 4.16. The van der Waals surface area contributed by atoms with E-state index in [0.717, 1.165) is 10.6 Å². The Morgan fingerprint density at radius 2 is 2.43 bits per heavy atom. The number of ketones is 1. The van der Waals surface area contributed by atoms with Gasteiger partial charge in [0.05, 0.1) is 5.56 Å². The van der Waals surface area contributed by atoms with Crippen molar-refractivity contribution in [2.24, 2.45) is 0 Å². The quantitative estimate of drug-likeness (QED) is 0.722. The maximum Gasteiger partial charge on any atom is 0.171 e. The van der Waals surface area contributed by atoms with Crippen LogP contribution in [-0.2, 0) is 6.42 Å². The van der Waals surface area contributed by atoms with Gasteiger partial charge in [-0.25, -0.2) is 0 Å². The molecule has 0 aliphatic heterocycles. The molecule has 0 aromatic carbocycles. The molecule has 0 radical (unpaired) electrons. The Morgan fingerprint density at radius 3 is 3.00 bits per heavy atom. The lowest BCUT2D eigenvalue weighted by Gasteiger charge is -1.92. The van der Waals surface area contributed by atoms with Gasteiger partial charge in [-0.1, -0.05) is 6.07 Å². The predicted octanol–water partition coefficient (Wildman–Crippen LogP) is 3.07. The van der Waals surface area contributed by atoms with Crippen LogP contribution in [0.15, 0.2) is 34.3 Å². The standard InChI is InChI=1S/C11H10O2S/c1-8-5-9(7-13-8)11(12)6-10-3-2-4-14-10/h2-5,7H,6H2,1H3. The van der Waals surface area contributed by atoms with Crippen molar-refractivity contribution in [2.75, 3.05) is 0 Å². The van der Waals surface area contributed by atoms with Gasteiger partial charge in [-0.05, 0) is 24.4 Å². The molecule has 0 spiro atoms. The van der Waals surface area contributed by atoms with E-state index in [2.05, 4.69) is 0 Å². The van der Waals surface area contributed by atoms with E-state index in [-0.39, 0.29) is 5.78 Å². The van der Waals surface area contributed by atoms with Gasteiger partial charge >= 0.3 is 0 Å². The lowest BCUT2D eigenvalue weighted by molar-refractivity contribution is 0.0993. The maximum atomic E-state index is 11.7. The molecule has 0 atom stereocenters. The Labute approximate surface area is 86.2 Å². The number of carbonyl (C=O) groups is 1. The van der Waals surface area contributed by atoms with Crippen LogP contribution < -0.4 is 0 Å². The fourth-order valence-corrected chi connectivity index (χ4v) is 1.97. The third-order valence-corrected chi connectivity index (χ3v) is 2.84. The molecule has 0 bridgehead atoms. The molecule has 3 heteroatoms. The van der Waals surface area contributed by atoms with Gasteiger partial charge in [0, 0.05) is 11.3 Å². The molecule has 2 heterocycles. The first-order valence-corrected chi connectivity index (χ1v) is 5.24. The summed E-state index contributed by atoms with van der Waals surface area (Å²) in [5, 5.41) is 1.98. The maximum absolute atomic E-state index is 11.7. The van der Waals surface area contributed by atoms with Gasteiger partial charge in [-0.15, -0.1) is 11.3 Å². The molecule has 0 unspecified atom stereocenters. The number of hydrogen-bond acceptors (Lipinski definition) is 3. The van der Waals surface area contributed by atoms with Crippen LogP contribution in [0, 0.1) is 6.92 Å². The lowest BCUT2D eigenvalue weighted by atomic mass is 10.1. The second kappa shape index (κ2) is 3.80. The molecule has 0 saturated heterocycles. The molecular formula is C11H10O2S. The zero-order chi connectivity index (χ0) is 9.97. The van der Waals surface area contributed by atoms with Crippen LogP contribution >= 0.6 is 11.3 Å². The highest BCUT2D eigenvalue weighted by molar-refractivity contribution is 7.10.